The van der Waals surface area contributed by atoms with E-state index in [0.29, 0.717) is 12.3 Å². The first kappa shape index (κ1) is 12.0. The van der Waals surface area contributed by atoms with Gasteiger partial charge < -0.3 is 9.94 Å². The zero-order valence-corrected chi connectivity index (χ0v) is 8.96. The minimum Gasteiger partial charge on any atom is -0.463 e. The molecule has 0 aromatic heterocycles. The monoisotopic (exact) mass is 219 g/mol. The van der Waals surface area contributed by atoms with Crippen LogP contribution in [0.4, 0.5) is 0 Å². The van der Waals surface area contributed by atoms with E-state index in [1.165, 1.54) is 12.2 Å². The largest absolute Gasteiger partial charge is 0.463 e. The Balaban J connectivity index is 2.75. The van der Waals surface area contributed by atoms with Crippen LogP contribution in [0.5, 0.6) is 0 Å². The van der Waals surface area contributed by atoms with Gasteiger partial charge in [-0.1, -0.05) is 35.5 Å². The highest BCUT2D eigenvalue weighted by Gasteiger charge is 2.00. The molecule has 1 aromatic carbocycles. The molecular weight excluding hydrogens is 206 g/mol. The minimum absolute atomic E-state index is 0.314. The van der Waals surface area contributed by atoms with Crippen LogP contribution in [-0.4, -0.2) is 23.5 Å². The number of allylic oxidation sites excluding steroid dienone is 1. The van der Waals surface area contributed by atoms with Gasteiger partial charge in [-0.2, -0.15) is 0 Å². The fraction of sp³-hybridized carbons (Fsp3) is 0.167. The molecule has 16 heavy (non-hydrogen) atoms. The van der Waals surface area contributed by atoms with Crippen LogP contribution >= 0.6 is 0 Å². The maximum Gasteiger partial charge on any atom is 0.330 e. The Morgan fingerprint density at radius 3 is 2.62 bits per heavy atom. The first-order chi connectivity index (χ1) is 7.77. The summed E-state index contributed by atoms with van der Waals surface area (Å²) in [6, 6.07) is 9.06. The normalized spacial score (nSPS) is 11.7. The highest BCUT2D eigenvalue weighted by atomic mass is 16.5. The second-order valence-corrected chi connectivity index (χ2v) is 2.94. The Morgan fingerprint density at radius 2 is 2.06 bits per heavy atom. The maximum atomic E-state index is 11.0. The number of oxime groups is 1. The van der Waals surface area contributed by atoms with Gasteiger partial charge in [-0.05, 0) is 13.0 Å². The zero-order valence-electron chi connectivity index (χ0n) is 8.96. The molecule has 0 bridgehead atoms. The van der Waals surface area contributed by atoms with Crippen molar-refractivity contribution in [2.45, 2.75) is 6.92 Å². The molecule has 0 saturated carbocycles. The number of carbonyl (C=O) groups excluding carboxylic acids is 1. The number of benzene rings is 1. The van der Waals surface area contributed by atoms with Gasteiger partial charge in [-0.25, -0.2) is 4.79 Å². The van der Waals surface area contributed by atoms with Gasteiger partial charge in [0.2, 0.25) is 0 Å². The standard InChI is InChI=1S/C12H13NO3/c1-2-16-12(14)9-8-11(13-15)10-6-4-3-5-7-10/h3-9,15H,2H2,1H3/b9-8+,13-11-. The van der Waals surface area contributed by atoms with E-state index in [2.05, 4.69) is 5.16 Å². The SMILES string of the molecule is CCOC(=O)/C=C/C(=N/O)c1ccccc1. The summed E-state index contributed by atoms with van der Waals surface area (Å²) in [6.07, 6.45) is 2.64. The van der Waals surface area contributed by atoms with Crippen LogP contribution in [0.1, 0.15) is 12.5 Å². The fourth-order valence-electron chi connectivity index (χ4n) is 1.13. The van der Waals surface area contributed by atoms with E-state index in [1.54, 1.807) is 19.1 Å². The maximum absolute atomic E-state index is 11.0. The van der Waals surface area contributed by atoms with Crippen molar-refractivity contribution >= 4 is 11.7 Å². The Labute approximate surface area is 93.9 Å². The number of ether oxygens (including phenoxy) is 1. The number of rotatable bonds is 4. The smallest absolute Gasteiger partial charge is 0.330 e. The van der Waals surface area contributed by atoms with E-state index in [4.69, 9.17) is 9.94 Å². The highest BCUT2D eigenvalue weighted by molar-refractivity contribution is 6.10. The first-order valence-electron chi connectivity index (χ1n) is 4.90. The molecule has 1 rings (SSSR count). The van der Waals surface area contributed by atoms with Crippen LogP contribution in [0.25, 0.3) is 0 Å². The van der Waals surface area contributed by atoms with Crippen molar-refractivity contribution in [2.75, 3.05) is 6.61 Å². The molecule has 0 atom stereocenters. The predicted octanol–water partition coefficient (Wildman–Crippen LogP) is 1.98. The molecule has 4 heteroatoms. The average Bonchev–Trinajstić information content (AvgIpc) is 2.31. The van der Waals surface area contributed by atoms with Crippen LogP contribution < -0.4 is 0 Å². The minimum atomic E-state index is -0.459. The second-order valence-electron chi connectivity index (χ2n) is 2.94. The van der Waals surface area contributed by atoms with Gasteiger partial charge in [0.1, 0.15) is 5.71 Å². The predicted molar refractivity (Wildman–Crippen MR) is 60.5 cm³/mol. The Kier molecular flexibility index (Phi) is 4.79. The van der Waals surface area contributed by atoms with Crippen LogP contribution in [-0.2, 0) is 9.53 Å². The first-order valence-corrected chi connectivity index (χ1v) is 4.90. The molecule has 0 saturated heterocycles. The summed E-state index contributed by atoms with van der Waals surface area (Å²) in [5.41, 5.74) is 1.04. The summed E-state index contributed by atoms with van der Waals surface area (Å²) in [4.78, 5) is 11.0. The summed E-state index contributed by atoms with van der Waals surface area (Å²) >= 11 is 0. The van der Waals surface area contributed by atoms with Gasteiger partial charge in [0.15, 0.2) is 0 Å². The van der Waals surface area contributed by atoms with Gasteiger partial charge >= 0.3 is 5.97 Å². The van der Waals surface area contributed by atoms with Gasteiger partial charge in [0, 0.05) is 11.6 Å². The van der Waals surface area contributed by atoms with E-state index in [9.17, 15) is 4.79 Å². The highest BCUT2D eigenvalue weighted by Crippen LogP contribution is 2.02. The lowest BCUT2D eigenvalue weighted by molar-refractivity contribution is -0.137. The molecule has 0 radical (unpaired) electrons. The number of nitrogens with zero attached hydrogens (tertiary/aromatic N) is 1. The lowest BCUT2D eigenvalue weighted by Gasteiger charge is -1.98. The lowest BCUT2D eigenvalue weighted by atomic mass is 10.1. The van der Waals surface area contributed by atoms with Crippen molar-refractivity contribution in [3.63, 3.8) is 0 Å². The van der Waals surface area contributed by atoms with Crippen molar-refractivity contribution in [1.82, 2.24) is 0 Å². The molecule has 1 N–H and O–H groups in total. The van der Waals surface area contributed by atoms with Crippen molar-refractivity contribution in [1.29, 1.82) is 0 Å². The molecule has 84 valence electrons. The topological polar surface area (TPSA) is 58.9 Å². The van der Waals surface area contributed by atoms with E-state index in [-0.39, 0.29) is 0 Å². The van der Waals surface area contributed by atoms with Gasteiger partial charge in [0.05, 0.1) is 6.61 Å². The summed E-state index contributed by atoms with van der Waals surface area (Å²) in [5, 5.41) is 11.9. The third-order valence-electron chi connectivity index (χ3n) is 1.84. The molecule has 0 spiro atoms. The second kappa shape index (κ2) is 6.40. The molecule has 0 aliphatic carbocycles. The van der Waals surface area contributed by atoms with Gasteiger partial charge in [0.25, 0.3) is 0 Å². The summed E-state index contributed by atoms with van der Waals surface area (Å²) in [5.74, 6) is -0.459. The molecular formula is C12H13NO3. The van der Waals surface area contributed by atoms with Crippen LogP contribution in [0.3, 0.4) is 0 Å². The van der Waals surface area contributed by atoms with E-state index in [1.807, 2.05) is 18.2 Å². The van der Waals surface area contributed by atoms with Crippen LogP contribution in [0.2, 0.25) is 0 Å². The molecule has 0 fully saturated rings. The summed E-state index contributed by atoms with van der Waals surface area (Å²) in [7, 11) is 0. The Bertz CT molecular complexity index is 396. The lowest BCUT2D eigenvalue weighted by Crippen LogP contribution is -2.02. The van der Waals surface area contributed by atoms with Gasteiger partial charge in [-0.15, -0.1) is 0 Å². The molecule has 0 amide bonds. The van der Waals surface area contributed by atoms with E-state index < -0.39 is 5.97 Å². The Morgan fingerprint density at radius 1 is 1.38 bits per heavy atom. The number of esters is 1. The molecule has 1 aromatic rings. The number of hydrogen-bond acceptors (Lipinski definition) is 4. The third-order valence-corrected chi connectivity index (χ3v) is 1.84. The van der Waals surface area contributed by atoms with Crippen molar-refractivity contribution in [3.8, 4) is 0 Å². The fourth-order valence-corrected chi connectivity index (χ4v) is 1.13. The van der Waals surface area contributed by atoms with E-state index in [0.717, 1.165) is 5.56 Å². The number of carbonyl (C=O) groups is 1. The van der Waals surface area contributed by atoms with Crippen LogP contribution in [0, 0.1) is 0 Å². The summed E-state index contributed by atoms with van der Waals surface area (Å²) < 4.78 is 4.71. The molecule has 0 heterocycles. The Hall–Kier alpha value is -2.10. The third kappa shape index (κ3) is 3.57. The van der Waals surface area contributed by atoms with E-state index >= 15 is 0 Å². The molecule has 0 unspecified atom stereocenters. The number of hydrogen-bond donors (Lipinski definition) is 1. The zero-order chi connectivity index (χ0) is 11.8. The van der Waals surface area contributed by atoms with Gasteiger partial charge in [-0.3, -0.25) is 0 Å². The van der Waals surface area contributed by atoms with Crippen LogP contribution in [0.15, 0.2) is 47.6 Å². The molecule has 0 aliphatic rings. The van der Waals surface area contributed by atoms with Crippen molar-refractivity contribution in [3.05, 3.63) is 48.0 Å². The van der Waals surface area contributed by atoms with Crippen molar-refractivity contribution < 1.29 is 14.7 Å². The molecule has 0 aliphatic heterocycles. The van der Waals surface area contributed by atoms with Crippen molar-refractivity contribution in [2.24, 2.45) is 5.16 Å². The average molecular weight is 219 g/mol. The molecule has 4 nitrogen and oxygen atoms in total. The quantitative estimate of drug-likeness (QED) is 0.277. The summed E-state index contributed by atoms with van der Waals surface area (Å²) in [6.45, 7) is 2.05.